The molecule has 1 aromatic heterocycles. The zero-order valence-electron chi connectivity index (χ0n) is 12.6. The van der Waals surface area contributed by atoms with Gasteiger partial charge in [-0.25, -0.2) is 0 Å². The van der Waals surface area contributed by atoms with Crippen LogP contribution in [0.3, 0.4) is 0 Å². The van der Waals surface area contributed by atoms with Crippen molar-refractivity contribution in [1.82, 2.24) is 10.1 Å². The first kappa shape index (κ1) is 15.3. The number of hydrogen-bond acceptors (Lipinski definition) is 6. The van der Waals surface area contributed by atoms with E-state index in [1.54, 1.807) is 6.92 Å². The normalized spacial score (nSPS) is 12.2. The number of rotatable bonds is 7. The zero-order valence-corrected chi connectivity index (χ0v) is 12.6. The molecule has 6 heteroatoms. The molecule has 0 bridgehead atoms. The summed E-state index contributed by atoms with van der Waals surface area (Å²) in [4.78, 5) is 4.12. The molecule has 0 fully saturated rings. The topological polar surface area (TPSA) is 83.4 Å². The summed E-state index contributed by atoms with van der Waals surface area (Å²) in [7, 11) is 0. The van der Waals surface area contributed by atoms with Gasteiger partial charge in [-0.2, -0.15) is 4.98 Å². The van der Waals surface area contributed by atoms with Gasteiger partial charge in [0.2, 0.25) is 0 Å². The molecule has 21 heavy (non-hydrogen) atoms. The Hall–Kier alpha value is -2.08. The van der Waals surface area contributed by atoms with Crippen LogP contribution in [0.25, 0.3) is 0 Å². The summed E-state index contributed by atoms with van der Waals surface area (Å²) in [6, 6.07) is 5.84. The Bertz CT molecular complexity index is 581. The molecule has 0 radical (unpaired) electrons. The van der Waals surface area contributed by atoms with Crippen molar-refractivity contribution in [3.8, 4) is 11.5 Å². The van der Waals surface area contributed by atoms with Crippen molar-refractivity contribution in [2.75, 3.05) is 6.61 Å². The van der Waals surface area contributed by atoms with Crippen molar-refractivity contribution >= 4 is 0 Å². The van der Waals surface area contributed by atoms with Crippen molar-refractivity contribution in [1.29, 1.82) is 0 Å². The van der Waals surface area contributed by atoms with Crippen LogP contribution in [0.15, 0.2) is 22.7 Å². The van der Waals surface area contributed by atoms with E-state index in [9.17, 15) is 0 Å². The molecule has 0 aliphatic rings. The van der Waals surface area contributed by atoms with Crippen LogP contribution in [0.5, 0.6) is 11.5 Å². The number of nitrogens with two attached hydrogens (primary N) is 1. The van der Waals surface area contributed by atoms with E-state index in [4.69, 9.17) is 19.7 Å². The highest BCUT2D eigenvalue weighted by molar-refractivity contribution is 5.47. The molecule has 1 heterocycles. The first-order valence-corrected chi connectivity index (χ1v) is 7.02. The van der Waals surface area contributed by atoms with E-state index < -0.39 is 0 Å². The molecule has 0 aliphatic carbocycles. The Morgan fingerprint density at radius 2 is 2.14 bits per heavy atom. The number of aryl methyl sites for hydroxylation is 1. The van der Waals surface area contributed by atoms with Crippen LogP contribution in [0.2, 0.25) is 0 Å². The molecule has 2 rings (SSSR count). The number of para-hydroxylation sites is 1. The molecule has 2 N–H and O–H groups in total. The molecule has 0 saturated heterocycles. The predicted molar refractivity (Wildman–Crippen MR) is 78.3 cm³/mol. The van der Waals surface area contributed by atoms with Crippen molar-refractivity contribution in [3.05, 3.63) is 35.5 Å². The summed E-state index contributed by atoms with van der Waals surface area (Å²) < 4.78 is 16.5. The third-order valence-electron chi connectivity index (χ3n) is 2.81. The second kappa shape index (κ2) is 7.08. The Morgan fingerprint density at radius 3 is 2.76 bits per heavy atom. The van der Waals surface area contributed by atoms with E-state index in [0.717, 1.165) is 5.56 Å². The van der Waals surface area contributed by atoms with Gasteiger partial charge >= 0.3 is 0 Å². The monoisotopic (exact) mass is 291 g/mol. The molecule has 2 aromatic rings. The van der Waals surface area contributed by atoms with E-state index in [-0.39, 0.29) is 12.6 Å². The fraction of sp³-hybridized carbons (Fsp3) is 0.467. The molecule has 1 unspecified atom stereocenters. The van der Waals surface area contributed by atoms with Crippen molar-refractivity contribution in [2.24, 2.45) is 5.73 Å². The minimum atomic E-state index is 0.0369. The lowest BCUT2D eigenvalue weighted by Gasteiger charge is -2.16. The van der Waals surface area contributed by atoms with Crippen LogP contribution in [-0.2, 0) is 13.0 Å². The summed E-state index contributed by atoms with van der Waals surface area (Å²) in [6.07, 6.45) is 0.707. The number of ether oxygens (including phenoxy) is 2. The van der Waals surface area contributed by atoms with Crippen LogP contribution in [0, 0.1) is 6.92 Å². The van der Waals surface area contributed by atoms with Crippen molar-refractivity contribution in [3.63, 3.8) is 0 Å². The maximum atomic E-state index is 5.89. The lowest BCUT2D eigenvalue weighted by atomic mass is 10.1. The number of hydrogen-bond donors (Lipinski definition) is 1. The molecule has 0 spiro atoms. The average Bonchev–Trinajstić information content (AvgIpc) is 2.83. The Balaban J connectivity index is 2.20. The molecular weight excluding hydrogens is 270 g/mol. The SMILES string of the molecule is CCOc1cccc(CC(C)N)c1OCc1nc(C)no1. The maximum Gasteiger partial charge on any atom is 0.264 e. The lowest BCUT2D eigenvalue weighted by molar-refractivity contribution is 0.226. The fourth-order valence-electron chi connectivity index (χ4n) is 2.03. The molecular formula is C15H21N3O3. The molecule has 0 amide bonds. The third kappa shape index (κ3) is 4.19. The summed E-state index contributed by atoms with van der Waals surface area (Å²) in [5.41, 5.74) is 6.90. The molecule has 6 nitrogen and oxygen atoms in total. The Labute approximate surface area is 124 Å². The van der Waals surface area contributed by atoms with Gasteiger partial charge in [0.25, 0.3) is 5.89 Å². The minimum Gasteiger partial charge on any atom is -0.490 e. The van der Waals surface area contributed by atoms with E-state index in [1.807, 2.05) is 32.0 Å². The third-order valence-corrected chi connectivity index (χ3v) is 2.81. The van der Waals surface area contributed by atoms with Crippen LogP contribution < -0.4 is 15.2 Å². The van der Waals surface area contributed by atoms with Gasteiger partial charge in [-0.05, 0) is 38.8 Å². The smallest absolute Gasteiger partial charge is 0.264 e. The largest absolute Gasteiger partial charge is 0.490 e. The second-order valence-corrected chi connectivity index (χ2v) is 4.88. The van der Waals surface area contributed by atoms with Crippen LogP contribution >= 0.6 is 0 Å². The lowest BCUT2D eigenvalue weighted by Crippen LogP contribution is -2.18. The van der Waals surface area contributed by atoms with Gasteiger partial charge in [0.05, 0.1) is 6.61 Å². The van der Waals surface area contributed by atoms with Crippen LogP contribution in [-0.4, -0.2) is 22.8 Å². The molecule has 1 atom stereocenters. The van der Waals surface area contributed by atoms with E-state index in [2.05, 4.69) is 10.1 Å². The Morgan fingerprint density at radius 1 is 1.33 bits per heavy atom. The van der Waals surface area contributed by atoms with Gasteiger partial charge in [0.15, 0.2) is 23.9 Å². The summed E-state index contributed by atoms with van der Waals surface area (Å²) in [6.45, 7) is 6.43. The Kier molecular flexibility index (Phi) is 5.16. The first-order chi connectivity index (χ1) is 10.1. The molecule has 0 aliphatic heterocycles. The molecule has 0 saturated carbocycles. The van der Waals surface area contributed by atoms with Gasteiger partial charge < -0.3 is 19.7 Å². The fourth-order valence-corrected chi connectivity index (χ4v) is 2.03. The molecule has 114 valence electrons. The summed E-state index contributed by atoms with van der Waals surface area (Å²) in [5, 5.41) is 3.74. The summed E-state index contributed by atoms with van der Waals surface area (Å²) >= 11 is 0. The van der Waals surface area contributed by atoms with Crippen LogP contribution in [0.1, 0.15) is 31.1 Å². The summed E-state index contributed by atoms with van der Waals surface area (Å²) in [5.74, 6) is 2.41. The van der Waals surface area contributed by atoms with Crippen molar-refractivity contribution < 1.29 is 14.0 Å². The van der Waals surface area contributed by atoms with E-state index in [0.29, 0.717) is 36.2 Å². The van der Waals surface area contributed by atoms with Gasteiger partial charge in [-0.1, -0.05) is 17.3 Å². The average molecular weight is 291 g/mol. The first-order valence-electron chi connectivity index (χ1n) is 7.02. The van der Waals surface area contributed by atoms with Gasteiger partial charge in [-0.3, -0.25) is 0 Å². The molecule has 1 aromatic carbocycles. The van der Waals surface area contributed by atoms with Gasteiger partial charge in [0, 0.05) is 6.04 Å². The van der Waals surface area contributed by atoms with E-state index >= 15 is 0 Å². The number of aromatic nitrogens is 2. The standard InChI is InChI=1S/C15H21N3O3/c1-4-19-13-7-5-6-12(8-10(2)16)15(13)20-9-14-17-11(3)18-21-14/h5-7,10H,4,8-9,16H2,1-3H3. The number of benzene rings is 1. The maximum absolute atomic E-state index is 5.89. The second-order valence-electron chi connectivity index (χ2n) is 4.88. The van der Waals surface area contributed by atoms with E-state index in [1.165, 1.54) is 0 Å². The number of nitrogens with zero attached hydrogens (tertiary/aromatic N) is 2. The highest BCUT2D eigenvalue weighted by Gasteiger charge is 2.14. The van der Waals surface area contributed by atoms with Crippen molar-refractivity contribution in [2.45, 2.75) is 39.8 Å². The minimum absolute atomic E-state index is 0.0369. The highest BCUT2D eigenvalue weighted by atomic mass is 16.5. The van der Waals surface area contributed by atoms with Gasteiger partial charge in [0.1, 0.15) is 0 Å². The quantitative estimate of drug-likeness (QED) is 0.842. The zero-order chi connectivity index (χ0) is 15.2. The highest BCUT2D eigenvalue weighted by Crippen LogP contribution is 2.32. The predicted octanol–water partition coefficient (Wildman–Crippen LogP) is 2.25. The van der Waals surface area contributed by atoms with Crippen LogP contribution in [0.4, 0.5) is 0 Å². The van der Waals surface area contributed by atoms with Gasteiger partial charge in [-0.15, -0.1) is 0 Å².